The average molecular weight is 265 g/mol. The fraction of sp³-hybridized carbons (Fsp3) is 0.625. The Morgan fingerprint density at radius 2 is 1.83 bits per heavy atom. The van der Waals surface area contributed by atoms with E-state index in [4.69, 9.17) is 0 Å². The lowest BCUT2D eigenvalue weighted by Crippen LogP contribution is -2.23. The largest absolute Gasteiger partial charge is 0.317 e. The summed E-state index contributed by atoms with van der Waals surface area (Å²) in [6, 6.07) is 9.73. The first-order valence-corrected chi connectivity index (χ1v) is 8.06. The van der Waals surface area contributed by atoms with Crippen molar-refractivity contribution in [3.8, 4) is 0 Å². The van der Waals surface area contributed by atoms with E-state index in [0.29, 0.717) is 12.0 Å². The highest BCUT2D eigenvalue weighted by Gasteiger charge is 2.03. The van der Waals surface area contributed by atoms with E-state index >= 15 is 0 Å². The highest BCUT2D eigenvalue weighted by molar-refractivity contribution is 7.99. The molecule has 0 fully saturated rings. The molecular formula is C16H27NS. The Morgan fingerprint density at radius 1 is 1.17 bits per heavy atom. The highest BCUT2D eigenvalue weighted by atomic mass is 32.2. The molecule has 102 valence electrons. The Bertz CT molecular complexity index is 314. The summed E-state index contributed by atoms with van der Waals surface area (Å²) in [5.74, 6) is 1.85. The monoisotopic (exact) mass is 265 g/mol. The Balaban J connectivity index is 2.27. The molecule has 1 unspecified atom stereocenters. The van der Waals surface area contributed by atoms with Gasteiger partial charge in [-0.3, -0.25) is 0 Å². The van der Waals surface area contributed by atoms with Crippen LogP contribution in [0, 0.1) is 0 Å². The lowest BCUT2D eigenvalue weighted by Gasteiger charge is -2.13. The van der Waals surface area contributed by atoms with Crippen molar-refractivity contribution >= 4 is 11.8 Å². The third kappa shape index (κ3) is 5.45. The molecule has 1 rings (SSSR count). The zero-order valence-corrected chi connectivity index (χ0v) is 13.0. The zero-order chi connectivity index (χ0) is 13.4. The number of rotatable bonds is 8. The molecule has 2 heteroatoms. The molecule has 0 bridgehead atoms. The van der Waals surface area contributed by atoms with Gasteiger partial charge in [0.15, 0.2) is 0 Å². The molecule has 1 aromatic carbocycles. The lowest BCUT2D eigenvalue weighted by atomic mass is 10.0. The van der Waals surface area contributed by atoms with Gasteiger partial charge in [0.1, 0.15) is 0 Å². The second kappa shape index (κ2) is 8.60. The second-order valence-electron chi connectivity index (χ2n) is 5.11. The molecule has 0 amide bonds. The third-order valence-electron chi connectivity index (χ3n) is 3.41. The molecule has 0 aliphatic rings. The minimum absolute atomic E-state index is 0.630. The van der Waals surface area contributed by atoms with E-state index in [1.54, 1.807) is 0 Å². The van der Waals surface area contributed by atoms with Crippen LogP contribution in [-0.4, -0.2) is 18.8 Å². The predicted octanol–water partition coefficient (Wildman–Crippen LogP) is 4.68. The van der Waals surface area contributed by atoms with Crippen molar-refractivity contribution in [3.05, 3.63) is 29.8 Å². The molecule has 0 radical (unpaired) electrons. The molecule has 0 aliphatic heterocycles. The van der Waals surface area contributed by atoms with E-state index < -0.39 is 0 Å². The summed E-state index contributed by atoms with van der Waals surface area (Å²) in [4.78, 5) is 1.40. The molecule has 1 N–H and O–H groups in total. The highest BCUT2D eigenvalue weighted by Crippen LogP contribution is 2.22. The first-order chi connectivity index (χ1) is 8.67. The van der Waals surface area contributed by atoms with E-state index in [1.165, 1.54) is 35.5 Å². The maximum absolute atomic E-state index is 3.36. The fourth-order valence-corrected chi connectivity index (χ4v) is 2.90. The third-order valence-corrected chi connectivity index (χ3v) is 4.51. The number of thioether (sulfide) groups is 1. The van der Waals surface area contributed by atoms with Gasteiger partial charge in [0.05, 0.1) is 0 Å². The summed E-state index contributed by atoms with van der Waals surface area (Å²) < 4.78 is 0. The van der Waals surface area contributed by atoms with Crippen molar-refractivity contribution in [2.24, 2.45) is 0 Å². The fourth-order valence-electron chi connectivity index (χ4n) is 2.02. The molecule has 0 saturated heterocycles. The van der Waals surface area contributed by atoms with Gasteiger partial charge in [-0.2, -0.15) is 0 Å². The van der Waals surface area contributed by atoms with Crippen LogP contribution in [-0.2, 0) is 0 Å². The van der Waals surface area contributed by atoms with E-state index in [-0.39, 0.29) is 0 Å². The van der Waals surface area contributed by atoms with Crippen LogP contribution in [0.3, 0.4) is 0 Å². The molecule has 0 aromatic heterocycles. The van der Waals surface area contributed by atoms with Crippen LogP contribution < -0.4 is 5.32 Å². The first kappa shape index (κ1) is 15.6. The Morgan fingerprint density at radius 3 is 2.33 bits per heavy atom. The summed E-state index contributed by atoms with van der Waals surface area (Å²) in [6.07, 6.45) is 3.80. The van der Waals surface area contributed by atoms with Crippen LogP contribution in [0.1, 0.15) is 51.5 Å². The molecule has 0 spiro atoms. The topological polar surface area (TPSA) is 12.0 Å². The van der Waals surface area contributed by atoms with Crippen molar-refractivity contribution < 1.29 is 0 Å². The molecule has 0 heterocycles. The van der Waals surface area contributed by atoms with Crippen molar-refractivity contribution in [1.29, 1.82) is 0 Å². The Labute approximate surface area is 117 Å². The molecule has 0 aliphatic carbocycles. The van der Waals surface area contributed by atoms with Crippen LogP contribution >= 0.6 is 11.8 Å². The van der Waals surface area contributed by atoms with Crippen molar-refractivity contribution in [1.82, 2.24) is 5.32 Å². The van der Waals surface area contributed by atoms with E-state index in [1.807, 2.05) is 11.8 Å². The molecule has 1 atom stereocenters. The maximum Gasteiger partial charge on any atom is 0.00721 e. The standard InChI is InChI=1S/C16H27NS/c1-5-15(17-4)7-6-12-18-16-10-8-14(9-11-16)13(2)3/h8-11,13,15,17H,5-7,12H2,1-4H3. The van der Waals surface area contributed by atoms with Gasteiger partial charge >= 0.3 is 0 Å². The minimum Gasteiger partial charge on any atom is -0.317 e. The number of hydrogen-bond acceptors (Lipinski definition) is 2. The van der Waals surface area contributed by atoms with Crippen LogP contribution in [0.4, 0.5) is 0 Å². The van der Waals surface area contributed by atoms with E-state index in [0.717, 1.165) is 0 Å². The van der Waals surface area contributed by atoms with Gasteiger partial charge in [-0.1, -0.05) is 32.9 Å². The summed E-state index contributed by atoms with van der Waals surface area (Å²) in [5.41, 5.74) is 1.43. The Hall–Kier alpha value is -0.470. The van der Waals surface area contributed by atoms with Gasteiger partial charge in [-0.05, 0) is 55.7 Å². The maximum atomic E-state index is 3.36. The van der Waals surface area contributed by atoms with Crippen LogP contribution in [0.15, 0.2) is 29.2 Å². The summed E-state index contributed by atoms with van der Waals surface area (Å²) >= 11 is 1.98. The predicted molar refractivity (Wildman–Crippen MR) is 83.6 cm³/mol. The van der Waals surface area contributed by atoms with Crippen LogP contribution in [0.2, 0.25) is 0 Å². The lowest BCUT2D eigenvalue weighted by molar-refractivity contribution is 0.504. The number of nitrogens with one attached hydrogen (secondary N) is 1. The smallest absolute Gasteiger partial charge is 0.00721 e. The van der Waals surface area contributed by atoms with Crippen LogP contribution in [0.25, 0.3) is 0 Å². The first-order valence-electron chi connectivity index (χ1n) is 7.07. The number of benzene rings is 1. The second-order valence-corrected chi connectivity index (χ2v) is 6.28. The van der Waals surface area contributed by atoms with Crippen molar-refractivity contribution in [2.45, 2.75) is 56.9 Å². The summed E-state index contributed by atoms with van der Waals surface area (Å²) in [5, 5.41) is 3.36. The van der Waals surface area contributed by atoms with Gasteiger partial charge < -0.3 is 5.32 Å². The normalized spacial score (nSPS) is 12.9. The molecule has 1 aromatic rings. The van der Waals surface area contributed by atoms with Gasteiger partial charge in [0.2, 0.25) is 0 Å². The van der Waals surface area contributed by atoms with Crippen molar-refractivity contribution in [3.63, 3.8) is 0 Å². The quantitative estimate of drug-likeness (QED) is 0.541. The molecule has 1 nitrogen and oxygen atoms in total. The van der Waals surface area contributed by atoms with Gasteiger partial charge in [-0.25, -0.2) is 0 Å². The van der Waals surface area contributed by atoms with Gasteiger partial charge in [-0.15, -0.1) is 11.8 Å². The van der Waals surface area contributed by atoms with Gasteiger partial charge in [0.25, 0.3) is 0 Å². The SMILES string of the molecule is CCC(CCCSc1ccc(C(C)C)cc1)NC. The minimum atomic E-state index is 0.630. The van der Waals surface area contributed by atoms with Gasteiger partial charge in [0, 0.05) is 10.9 Å². The summed E-state index contributed by atoms with van der Waals surface area (Å²) in [7, 11) is 2.06. The molecular weight excluding hydrogens is 238 g/mol. The van der Waals surface area contributed by atoms with Crippen LogP contribution in [0.5, 0.6) is 0 Å². The van der Waals surface area contributed by atoms with E-state index in [9.17, 15) is 0 Å². The summed E-state index contributed by atoms with van der Waals surface area (Å²) in [6.45, 7) is 6.73. The molecule has 18 heavy (non-hydrogen) atoms. The number of hydrogen-bond donors (Lipinski definition) is 1. The average Bonchev–Trinajstić information content (AvgIpc) is 2.39. The zero-order valence-electron chi connectivity index (χ0n) is 12.2. The van der Waals surface area contributed by atoms with E-state index in [2.05, 4.69) is 57.4 Å². The molecule has 0 saturated carbocycles. The Kier molecular flexibility index (Phi) is 7.45. The van der Waals surface area contributed by atoms with Crippen molar-refractivity contribution in [2.75, 3.05) is 12.8 Å².